The number of ether oxygens (including phenoxy) is 3. The highest BCUT2D eigenvalue weighted by molar-refractivity contribution is 5.82. The molecule has 2 aliphatic heterocycles. The average molecular weight is 397 g/mol. The first-order chi connectivity index (χ1) is 14.0. The van der Waals surface area contributed by atoms with E-state index in [9.17, 15) is 4.79 Å². The van der Waals surface area contributed by atoms with Crippen LogP contribution in [0.5, 0.6) is 11.5 Å². The Morgan fingerprint density at radius 2 is 2.17 bits per heavy atom. The van der Waals surface area contributed by atoms with Crippen molar-refractivity contribution >= 4 is 5.91 Å². The van der Waals surface area contributed by atoms with Gasteiger partial charge in [0, 0.05) is 24.1 Å². The maximum Gasteiger partial charge on any atom is 0.240 e. The van der Waals surface area contributed by atoms with E-state index < -0.39 is 11.5 Å². The number of hydrazine groups is 1. The number of benzene rings is 1. The molecule has 0 aromatic heterocycles. The van der Waals surface area contributed by atoms with Crippen LogP contribution >= 0.6 is 0 Å². The van der Waals surface area contributed by atoms with E-state index in [1.54, 1.807) is 14.2 Å². The number of nitrogens with two attached hydrogens (primary N) is 1. The lowest BCUT2D eigenvalue weighted by atomic mass is 9.37. The molecule has 7 heteroatoms. The van der Waals surface area contributed by atoms with E-state index in [4.69, 9.17) is 20.1 Å². The highest BCUT2D eigenvalue weighted by atomic mass is 16.6. The molecule has 4 aliphatic carbocycles. The number of rotatable bonds is 3. The number of nitrogens with zero attached hydrogens (tertiary/aromatic N) is 1. The van der Waals surface area contributed by atoms with Crippen LogP contribution in [0.1, 0.15) is 24.0 Å². The van der Waals surface area contributed by atoms with Gasteiger partial charge in [0.15, 0.2) is 11.5 Å². The molecular formula is C22H27N3O4. The predicted molar refractivity (Wildman–Crippen MR) is 106 cm³/mol. The van der Waals surface area contributed by atoms with Gasteiger partial charge in [0.2, 0.25) is 5.91 Å². The fraction of sp³-hybridized carbons (Fsp3) is 0.591. The van der Waals surface area contributed by atoms with Crippen LogP contribution in [0.2, 0.25) is 0 Å². The molecule has 1 amide bonds. The number of hydrogen-bond donors (Lipinski definition) is 2. The molecule has 0 radical (unpaired) electrons. The normalized spacial score (nSPS) is 43.0. The van der Waals surface area contributed by atoms with Gasteiger partial charge in [0.1, 0.15) is 11.7 Å². The lowest BCUT2D eigenvalue weighted by Gasteiger charge is -2.70. The van der Waals surface area contributed by atoms with Crippen LogP contribution < -0.4 is 20.7 Å². The summed E-state index contributed by atoms with van der Waals surface area (Å²) in [6, 6.07) is 4.50. The molecule has 154 valence electrons. The molecule has 6 aliphatic rings. The van der Waals surface area contributed by atoms with E-state index in [1.807, 2.05) is 6.07 Å². The number of piperidine rings is 1. The summed E-state index contributed by atoms with van der Waals surface area (Å²) in [7, 11) is 5.56. The van der Waals surface area contributed by atoms with Gasteiger partial charge in [0.05, 0.1) is 18.4 Å². The lowest BCUT2D eigenvalue weighted by Crippen LogP contribution is -2.80. The van der Waals surface area contributed by atoms with Crippen molar-refractivity contribution in [2.24, 2.45) is 17.2 Å². The maximum atomic E-state index is 12.9. The standard InChI is InChI=1S/C22H27N3O4/c1-25-9-8-21-16-12-4-5-14(27-2)17(16)29-19(21)22(28-3)7-6-20(21,15(25)10-12)11-13(22)18(26)24-23/h4-7,13,15,19H,8-11,23H2,1-3H3,(H,24,26)/t13-,15+,19+,20+,21-,22+/m0/s1. The van der Waals surface area contributed by atoms with Gasteiger partial charge in [-0.3, -0.25) is 10.2 Å². The Balaban J connectivity index is 1.69. The molecule has 2 fully saturated rings. The topological polar surface area (TPSA) is 86.0 Å². The summed E-state index contributed by atoms with van der Waals surface area (Å²) in [5.74, 6) is 6.60. The fourth-order valence-electron chi connectivity index (χ4n) is 7.60. The Kier molecular flexibility index (Phi) is 3.26. The molecule has 2 spiro atoms. The van der Waals surface area contributed by atoms with Gasteiger partial charge >= 0.3 is 0 Å². The number of fused-ring (bicyclic) bond motifs is 1. The number of carbonyl (C=O) groups is 1. The van der Waals surface area contributed by atoms with Crippen molar-refractivity contribution in [1.29, 1.82) is 0 Å². The van der Waals surface area contributed by atoms with Gasteiger partial charge in [0.25, 0.3) is 0 Å². The highest BCUT2D eigenvalue weighted by Crippen LogP contribution is 2.74. The number of nitrogens with one attached hydrogen (secondary N) is 1. The first-order valence-electron chi connectivity index (χ1n) is 10.3. The summed E-state index contributed by atoms with van der Waals surface area (Å²) in [5, 5.41) is 0. The second-order valence-electron chi connectivity index (χ2n) is 9.25. The molecule has 7 rings (SSSR count). The van der Waals surface area contributed by atoms with Crippen LogP contribution in [0.15, 0.2) is 24.3 Å². The summed E-state index contributed by atoms with van der Waals surface area (Å²) in [6.07, 6.45) is 6.74. The van der Waals surface area contributed by atoms with E-state index in [1.165, 1.54) is 11.1 Å². The van der Waals surface area contributed by atoms with Crippen LogP contribution in [-0.2, 0) is 21.4 Å². The number of likely N-dealkylation sites (N-methyl/N-ethyl adjacent to an activating group) is 1. The van der Waals surface area contributed by atoms with Crippen LogP contribution in [0.3, 0.4) is 0 Å². The lowest BCUT2D eigenvalue weighted by molar-refractivity contribution is -0.213. The quantitative estimate of drug-likeness (QED) is 0.341. The molecular weight excluding hydrogens is 370 g/mol. The van der Waals surface area contributed by atoms with E-state index in [2.05, 4.69) is 35.6 Å². The minimum atomic E-state index is -0.857. The van der Waals surface area contributed by atoms with Crippen molar-refractivity contribution in [2.75, 3.05) is 27.8 Å². The average Bonchev–Trinajstić information content (AvgIpc) is 3.12. The number of likely N-dealkylation sites (tertiary alicyclic amines) is 1. The van der Waals surface area contributed by atoms with Crippen molar-refractivity contribution in [3.63, 3.8) is 0 Å². The molecule has 3 N–H and O–H groups in total. The zero-order chi connectivity index (χ0) is 20.2. The minimum Gasteiger partial charge on any atom is -0.493 e. The van der Waals surface area contributed by atoms with E-state index >= 15 is 0 Å². The van der Waals surface area contributed by atoms with Crippen LogP contribution in [-0.4, -0.2) is 56.4 Å². The van der Waals surface area contributed by atoms with Gasteiger partial charge in [-0.2, -0.15) is 0 Å². The van der Waals surface area contributed by atoms with Crippen LogP contribution in [0.25, 0.3) is 0 Å². The highest BCUT2D eigenvalue weighted by Gasteiger charge is 2.79. The summed E-state index contributed by atoms with van der Waals surface area (Å²) in [6.45, 7) is 0.990. The van der Waals surface area contributed by atoms with Crippen LogP contribution in [0, 0.1) is 11.3 Å². The SMILES string of the molecule is COc1ccc2c3c1O[C@H]1[C@@]4(OC)C=C[C@@]5(C[C@H]4C(=O)NN)[C@@H](C2)N(C)CC[C@]315. The number of amides is 1. The zero-order valence-corrected chi connectivity index (χ0v) is 17.0. The first kappa shape index (κ1) is 17.7. The van der Waals surface area contributed by atoms with Crippen molar-refractivity contribution in [2.45, 2.75) is 42.4 Å². The fourth-order valence-corrected chi connectivity index (χ4v) is 7.60. The molecule has 2 heterocycles. The van der Waals surface area contributed by atoms with Crippen molar-refractivity contribution in [3.05, 3.63) is 35.4 Å². The van der Waals surface area contributed by atoms with Gasteiger partial charge in [-0.15, -0.1) is 0 Å². The predicted octanol–water partition coefficient (Wildman–Crippen LogP) is 0.905. The van der Waals surface area contributed by atoms with Gasteiger partial charge in [-0.25, -0.2) is 5.84 Å². The second-order valence-corrected chi connectivity index (χ2v) is 9.25. The third-order valence-corrected chi connectivity index (χ3v) is 8.74. The van der Waals surface area contributed by atoms with E-state index in [0.717, 1.165) is 30.9 Å². The number of hydrogen-bond acceptors (Lipinski definition) is 6. The molecule has 1 aromatic rings. The Morgan fingerprint density at radius 1 is 1.34 bits per heavy atom. The van der Waals surface area contributed by atoms with Gasteiger partial charge in [-0.1, -0.05) is 18.2 Å². The molecule has 4 bridgehead atoms. The van der Waals surface area contributed by atoms with Crippen molar-refractivity contribution in [3.8, 4) is 11.5 Å². The van der Waals surface area contributed by atoms with Gasteiger partial charge < -0.3 is 19.1 Å². The Morgan fingerprint density at radius 3 is 2.90 bits per heavy atom. The Bertz CT molecular complexity index is 964. The largest absolute Gasteiger partial charge is 0.493 e. The Hall–Kier alpha value is -2.09. The Labute approximate surface area is 170 Å². The van der Waals surface area contributed by atoms with Gasteiger partial charge in [-0.05, 0) is 44.5 Å². The zero-order valence-electron chi connectivity index (χ0n) is 17.0. The molecule has 1 aromatic carbocycles. The maximum absolute atomic E-state index is 12.9. The third kappa shape index (κ3) is 1.64. The van der Waals surface area contributed by atoms with Crippen LogP contribution in [0.4, 0.5) is 0 Å². The summed E-state index contributed by atoms with van der Waals surface area (Å²) in [4.78, 5) is 15.4. The minimum absolute atomic E-state index is 0.191. The molecule has 1 saturated carbocycles. The summed E-state index contributed by atoms with van der Waals surface area (Å²) >= 11 is 0. The molecule has 6 atom stereocenters. The van der Waals surface area contributed by atoms with E-state index in [0.29, 0.717) is 12.5 Å². The molecule has 0 unspecified atom stereocenters. The van der Waals surface area contributed by atoms with E-state index in [-0.39, 0.29) is 22.8 Å². The smallest absolute Gasteiger partial charge is 0.240 e. The van der Waals surface area contributed by atoms with Crippen molar-refractivity contribution in [1.82, 2.24) is 10.3 Å². The number of methoxy groups -OCH3 is 2. The van der Waals surface area contributed by atoms with Crippen molar-refractivity contribution < 1.29 is 19.0 Å². The summed E-state index contributed by atoms with van der Waals surface area (Å²) < 4.78 is 18.6. The third-order valence-electron chi connectivity index (χ3n) is 8.74. The second kappa shape index (κ2) is 5.33. The number of carbonyl (C=O) groups excluding carboxylic acids is 1. The monoisotopic (exact) mass is 397 g/mol. The summed E-state index contributed by atoms with van der Waals surface area (Å²) in [5.41, 5.74) is 3.72. The molecule has 1 saturated heterocycles. The first-order valence-corrected chi connectivity index (χ1v) is 10.3. The molecule has 29 heavy (non-hydrogen) atoms. The molecule has 7 nitrogen and oxygen atoms in total.